The summed E-state index contributed by atoms with van der Waals surface area (Å²) in [4.78, 5) is 1.92. The molecule has 22 heavy (non-hydrogen) atoms. The van der Waals surface area contributed by atoms with Crippen molar-refractivity contribution in [2.45, 2.75) is 12.5 Å². The normalized spacial score (nSPS) is 16.3. The largest absolute Gasteiger partial charge is 0.507 e. The molecule has 0 spiro atoms. The van der Waals surface area contributed by atoms with Gasteiger partial charge in [0, 0.05) is 38.3 Å². The first-order valence-electron chi connectivity index (χ1n) is 6.48. The third-order valence-corrected chi connectivity index (χ3v) is 3.49. The van der Waals surface area contributed by atoms with E-state index in [1.54, 1.807) is 6.08 Å². The van der Waals surface area contributed by atoms with E-state index in [0.717, 1.165) is 13.1 Å². The molecule has 0 aliphatic carbocycles. The van der Waals surface area contributed by atoms with E-state index in [-0.39, 0.29) is 30.4 Å². The molecular formula is C14H19Cl2F3N2O. The topological polar surface area (TPSA) is 35.5 Å². The molecule has 1 fully saturated rings. The number of phenolic OH excluding ortho intramolecular Hbond substituents is 1. The van der Waals surface area contributed by atoms with Crippen molar-refractivity contribution in [1.82, 2.24) is 10.2 Å². The van der Waals surface area contributed by atoms with Crippen LogP contribution in [0.15, 0.2) is 18.7 Å². The number of nitrogens with one attached hydrogen (secondary N) is 1. The molecule has 0 aromatic heterocycles. The van der Waals surface area contributed by atoms with Crippen LogP contribution in [0, 0.1) is 17.5 Å². The molecule has 1 atom stereocenters. The minimum atomic E-state index is -1.55. The number of halogens is 5. The van der Waals surface area contributed by atoms with Gasteiger partial charge in [-0.3, -0.25) is 4.90 Å². The molecule has 1 saturated heterocycles. The molecule has 0 bridgehead atoms. The van der Waals surface area contributed by atoms with E-state index in [9.17, 15) is 18.3 Å². The lowest BCUT2D eigenvalue weighted by atomic mass is 9.99. The minimum Gasteiger partial charge on any atom is -0.507 e. The standard InChI is InChI=1S/C14H17F3N2O.2ClH/c1-2-3-10(19-6-4-18-5-7-19)12-11(20)8-9(15)13(16)14(12)17;;/h2,8,10,18,20H,1,3-7H2;2*1H/t10-;;/m1../s1. The van der Waals surface area contributed by atoms with E-state index in [0.29, 0.717) is 25.6 Å². The first kappa shape index (κ1) is 21.0. The average molecular weight is 359 g/mol. The van der Waals surface area contributed by atoms with E-state index >= 15 is 0 Å². The Kier molecular flexibility index (Phi) is 8.85. The van der Waals surface area contributed by atoms with Crippen molar-refractivity contribution in [3.8, 4) is 5.75 Å². The molecule has 3 nitrogen and oxygen atoms in total. The van der Waals surface area contributed by atoms with Gasteiger partial charge in [-0.1, -0.05) is 6.08 Å². The van der Waals surface area contributed by atoms with Crippen molar-refractivity contribution in [1.29, 1.82) is 0 Å². The fourth-order valence-corrected chi connectivity index (χ4v) is 2.51. The molecule has 8 heteroatoms. The van der Waals surface area contributed by atoms with Crippen molar-refractivity contribution in [2.75, 3.05) is 26.2 Å². The SMILES string of the molecule is C=CC[C@H](c1c(O)cc(F)c(F)c1F)N1CCNCC1.Cl.Cl. The Morgan fingerprint density at radius 2 is 1.82 bits per heavy atom. The molecule has 1 aliphatic rings. The van der Waals surface area contributed by atoms with E-state index in [1.165, 1.54) is 0 Å². The highest BCUT2D eigenvalue weighted by Gasteiger charge is 2.29. The molecular weight excluding hydrogens is 340 g/mol. The summed E-state index contributed by atoms with van der Waals surface area (Å²) in [6, 6.07) is 0.0659. The van der Waals surface area contributed by atoms with Crippen LogP contribution in [0.2, 0.25) is 0 Å². The second kappa shape index (κ2) is 9.25. The number of piperazine rings is 1. The predicted molar refractivity (Wildman–Crippen MR) is 84.5 cm³/mol. The molecule has 0 unspecified atom stereocenters. The van der Waals surface area contributed by atoms with Gasteiger partial charge >= 0.3 is 0 Å². The van der Waals surface area contributed by atoms with E-state index in [4.69, 9.17) is 0 Å². The molecule has 0 amide bonds. The van der Waals surface area contributed by atoms with Crippen LogP contribution < -0.4 is 5.32 Å². The molecule has 0 saturated carbocycles. The first-order chi connectivity index (χ1) is 9.56. The third kappa shape index (κ3) is 4.29. The minimum absolute atomic E-state index is 0. The smallest absolute Gasteiger partial charge is 0.195 e. The van der Waals surface area contributed by atoms with Gasteiger partial charge in [0.2, 0.25) is 0 Å². The van der Waals surface area contributed by atoms with Gasteiger partial charge in [0.05, 0.1) is 5.56 Å². The second-order valence-corrected chi connectivity index (χ2v) is 4.75. The molecule has 2 rings (SSSR count). The molecule has 2 N–H and O–H groups in total. The zero-order valence-electron chi connectivity index (χ0n) is 11.8. The van der Waals surface area contributed by atoms with Crippen molar-refractivity contribution >= 4 is 24.8 Å². The Hall–Kier alpha value is -0.950. The Morgan fingerprint density at radius 1 is 1.23 bits per heavy atom. The zero-order valence-corrected chi connectivity index (χ0v) is 13.5. The van der Waals surface area contributed by atoms with Gasteiger partial charge in [-0.2, -0.15) is 0 Å². The highest BCUT2D eigenvalue weighted by molar-refractivity contribution is 5.85. The van der Waals surface area contributed by atoms with Crippen LogP contribution in [-0.4, -0.2) is 36.2 Å². The fraction of sp³-hybridized carbons (Fsp3) is 0.429. The van der Waals surface area contributed by atoms with Gasteiger partial charge in [-0.15, -0.1) is 31.4 Å². The Morgan fingerprint density at radius 3 is 2.36 bits per heavy atom. The molecule has 1 aliphatic heterocycles. The van der Waals surface area contributed by atoms with Crippen molar-refractivity contribution in [2.24, 2.45) is 0 Å². The van der Waals surface area contributed by atoms with E-state index in [2.05, 4.69) is 11.9 Å². The summed E-state index contributed by atoms with van der Waals surface area (Å²) in [5.74, 6) is -4.83. The highest BCUT2D eigenvalue weighted by Crippen LogP contribution is 2.36. The third-order valence-electron chi connectivity index (χ3n) is 3.49. The molecule has 1 heterocycles. The van der Waals surface area contributed by atoms with E-state index < -0.39 is 29.2 Å². The number of benzene rings is 1. The Labute approximate surface area is 140 Å². The fourth-order valence-electron chi connectivity index (χ4n) is 2.51. The number of rotatable bonds is 4. The summed E-state index contributed by atoms with van der Waals surface area (Å²) in [6.45, 7) is 6.32. The Balaban J connectivity index is 0.00000220. The summed E-state index contributed by atoms with van der Waals surface area (Å²) in [5, 5.41) is 13.0. The number of nitrogens with zero attached hydrogens (tertiary/aromatic N) is 1. The number of hydrogen-bond acceptors (Lipinski definition) is 3. The monoisotopic (exact) mass is 358 g/mol. The summed E-state index contributed by atoms with van der Waals surface area (Å²) in [5.41, 5.74) is -0.203. The molecule has 126 valence electrons. The van der Waals surface area contributed by atoms with E-state index in [1.807, 2.05) is 4.90 Å². The van der Waals surface area contributed by atoms with Gasteiger partial charge in [-0.05, 0) is 6.42 Å². The lowest BCUT2D eigenvalue weighted by molar-refractivity contribution is 0.167. The lowest BCUT2D eigenvalue weighted by Crippen LogP contribution is -2.45. The van der Waals surface area contributed by atoms with Crippen molar-refractivity contribution < 1.29 is 18.3 Å². The average Bonchev–Trinajstić information content (AvgIpc) is 2.45. The maximum absolute atomic E-state index is 14.0. The molecule has 1 aromatic carbocycles. The summed E-state index contributed by atoms with van der Waals surface area (Å²) < 4.78 is 40.5. The van der Waals surface area contributed by atoms with Crippen LogP contribution in [0.4, 0.5) is 13.2 Å². The van der Waals surface area contributed by atoms with Crippen LogP contribution in [0.25, 0.3) is 0 Å². The maximum Gasteiger partial charge on any atom is 0.195 e. The van der Waals surface area contributed by atoms with Crippen LogP contribution in [-0.2, 0) is 0 Å². The van der Waals surface area contributed by atoms with Crippen LogP contribution >= 0.6 is 24.8 Å². The molecule has 1 aromatic rings. The number of hydrogen-bond donors (Lipinski definition) is 2. The zero-order chi connectivity index (χ0) is 14.7. The number of phenols is 1. The van der Waals surface area contributed by atoms with Gasteiger partial charge in [0.15, 0.2) is 17.5 Å². The van der Waals surface area contributed by atoms with Gasteiger partial charge in [0.1, 0.15) is 5.75 Å². The quantitative estimate of drug-likeness (QED) is 0.640. The predicted octanol–water partition coefficient (Wildman–Crippen LogP) is 3.18. The van der Waals surface area contributed by atoms with Crippen molar-refractivity contribution in [3.63, 3.8) is 0 Å². The van der Waals surface area contributed by atoms with Gasteiger partial charge < -0.3 is 10.4 Å². The van der Waals surface area contributed by atoms with Gasteiger partial charge in [-0.25, -0.2) is 13.2 Å². The Bertz CT molecular complexity index is 511. The highest BCUT2D eigenvalue weighted by atomic mass is 35.5. The summed E-state index contributed by atoms with van der Waals surface area (Å²) in [6.07, 6.45) is 1.92. The maximum atomic E-state index is 14.0. The van der Waals surface area contributed by atoms with Gasteiger partial charge in [0.25, 0.3) is 0 Å². The summed E-state index contributed by atoms with van der Waals surface area (Å²) >= 11 is 0. The second-order valence-electron chi connectivity index (χ2n) is 4.75. The lowest BCUT2D eigenvalue weighted by Gasteiger charge is -2.35. The van der Waals surface area contributed by atoms with Crippen LogP contribution in [0.1, 0.15) is 18.0 Å². The van der Waals surface area contributed by atoms with Crippen molar-refractivity contribution in [3.05, 3.63) is 41.7 Å². The number of aromatic hydroxyl groups is 1. The first-order valence-corrected chi connectivity index (χ1v) is 6.48. The molecule has 0 radical (unpaired) electrons. The summed E-state index contributed by atoms with van der Waals surface area (Å²) in [7, 11) is 0. The van der Waals surface area contributed by atoms with Crippen LogP contribution in [0.3, 0.4) is 0 Å². The van der Waals surface area contributed by atoms with Crippen LogP contribution in [0.5, 0.6) is 5.75 Å².